The van der Waals surface area contributed by atoms with Gasteiger partial charge in [0.05, 0.1) is 5.56 Å². The van der Waals surface area contributed by atoms with Gasteiger partial charge >= 0.3 is 6.61 Å². The zero-order chi connectivity index (χ0) is 12.7. The monoisotopic (exact) mass is 243 g/mol. The highest BCUT2D eigenvalue weighted by Gasteiger charge is 2.10. The molecule has 0 atom stereocenters. The predicted octanol–water partition coefficient (Wildman–Crippen LogP) is 3.75. The van der Waals surface area contributed by atoms with Crippen LogP contribution in [0.1, 0.15) is 5.56 Å². The minimum absolute atomic E-state index is 0.00104. The normalized spacial score (nSPS) is 10.6. The standard InChI is InChI=1S/C10H8F3N3O/c11-8-4-1-5-9(17-10(12)13)7(8)3-2-6-15-16-14/h1-5,10H,6H2. The molecule has 0 aliphatic carbocycles. The minimum atomic E-state index is -3.03. The number of hydrogen-bond acceptors (Lipinski definition) is 2. The largest absolute Gasteiger partial charge is 0.434 e. The molecule has 0 aromatic heterocycles. The quantitative estimate of drug-likeness (QED) is 0.441. The first-order valence-electron chi connectivity index (χ1n) is 4.56. The molecule has 0 unspecified atom stereocenters. The lowest BCUT2D eigenvalue weighted by atomic mass is 10.1. The Kier molecular flexibility index (Phi) is 4.90. The number of nitrogens with zero attached hydrogens (tertiary/aromatic N) is 3. The highest BCUT2D eigenvalue weighted by Crippen LogP contribution is 2.24. The maximum Gasteiger partial charge on any atom is 0.387 e. The van der Waals surface area contributed by atoms with Crippen LogP contribution >= 0.6 is 0 Å². The molecule has 17 heavy (non-hydrogen) atoms. The van der Waals surface area contributed by atoms with E-state index >= 15 is 0 Å². The Labute approximate surface area is 94.9 Å². The Morgan fingerprint density at radius 3 is 2.88 bits per heavy atom. The number of azide groups is 1. The van der Waals surface area contributed by atoms with E-state index in [4.69, 9.17) is 5.53 Å². The Hall–Kier alpha value is -2.14. The van der Waals surface area contributed by atoms with Gasteiger partial charge in [-0.15, -0.1) is 0 Å². The van der Waals surface area contributed by atoms with Crippen LogP contribution < -0.4 is 4.74 Å². The summed E-state index contributed by atoms with van der Waals surface area (Å²) in [6.45, 7) is -3.03. The van der Waals surface area contributed by atoms with Crippen molar-refractivity contribution in [1.29, 1.82) is 0 Å². The second kappa shape index (κ2) is 6.44. The van der Waals surface area contributed by atoms with Crippen LogP contribution in [-0.4, -0.2) is 13.2 Å². The molecule has 0 saturated carbocycles. The summed E-state index contributed by atoms with van der Waals surface area (Å²) in [6, 6.07) is 3.60. The third kappa shape index (κ3) is 4.08. The average Bonchev–Trinajstić information content (AvgIpc) is 2.26. The topological polar surface area (TPSA) is 58.0 Å². The lowest BCUT2D eigenvalue weighted by Crippen LogP contribution is -2.04. The summed E-state index contributed by atoms with van der Waals surface area (Å²) in [5.74, 6) is -0.961. The second-order valence-corrected chi connectivity index (χ2v) is 2.85. The maximum absolute atomic E-state index is 13.3. The first-order chi connectivity index (χ1) is 8.15. The van der Waals surface area contributed by atoms with Crippen LogP contribution in [0, 0.1) is 5.82 Å². The average molecular weight is 243 g/mol. The third-order valence-electron chi connectivity index (χ3n) is 1.76. The molecule has 0 heterocycles. The van der Waals surface area contributed by atoms with Crippen molar-refractivity contribution in [3.8, 4) is 5.75 Å². The van der Waals surface area contributed by atoms with Gasteiger partial charge in [-0.05, 0) is 17.7 Å². The molecule has 0 radical (unpaired) electrons. The molecular weight excluding hydrogens is 235 g/mol. The molecule has 0 aliphatic rings. The van der Waals surface area contributed by atoms with Crippen molar-refractivity contribution in [2.45, 2.75) is 6.61 Å². The SMILES string of the molecule is [N-]=[N+]=NCC=Cc1c(F)cccc1OC(F)F. The van der Waals surface area contributed by atoms with Crippen molar-refractivity contribution in [1.82, 2.24) is 0 Å². The Balaban J connectivity index is 2.94. The number of halogens is 3. The van der Waals surface area contributed by atoms with E-state index in [9.17, 15) is 13.2 Å². The van der Waals surface area contributed by atoms with Gasteiger partial charge in [0.1, 0.15) is 11.6 Å². The van der Waals surface area contributed by atoms with Gasteiger partial charge in [0.25, 0.3) is 0 Å². The van der Waals surface area contributed by atoms with Gasteiger partial charge in [-0.25, -0.2) is 4.39 Å². The van der Waals surface area contributed by atoms with Crippen molar-refractivity contribution >= 4 is 6.08 Å². The molecule has 7 heteroatoms. The van der Waals surface area contributed by atoms with Crippen LogP contribution in [0.3, 0.4) is 0 Å². The van der Waals surface area contributed by atoms with Crippen molar-refractivity contribution in [2.24, 2.45) is 5.11 Å². The van der Waals surface area contributed by atoms with E-state index in [1.165, 1.54) is 24.3 Å². The minimum Gasteiger partial charge on any atom is -0.434 e. The highest BCUT2D eigenvalue weighted by molar-refractivity contribution is 5.58. The molecule has 1 aromatic rings. The smallest absolute Gasteiger partial charge is 0.387 e. The first kappa shape index (κ1) is 12.9. The van der Waals surface area contributed by atoms with Crippen molar-refractivity contribution in [2.75, 3.05) is 6.54 Å². The summed E-state index contributed by atoms with van der Waals surface area (Å²) in [5, 5.41) is 3.19. The van der Waals surface area contributed by atoms with Crippen molar-refractivity contribution < 1.29 is 17.9 Å². The van der Waals surface area contributed by atoms with Crippen LogP contribution in [0.5, 0.6) is 5.75 Å². The van der Waals surface area contributed by atoms with Gasteiger partial charge in [0.2, 0.25) is 0 Å². The molecule has 1 aromatic carbocycles. The van der Waals surface area contributed by atoms with Gasteiger partial charge in [0.15, 0.2) is 0 Å². The fourth-order valence-corrected chi connectivity index (χ4v) is 1.13. The highest BCUT2D eigenvalue weighted by atomic mass is 19.3. The number of benzene rings is 1. The van der Waals surface area contributed by atoms with Gasteiger partial charge in [0, 0.05) is 11.5 Å². The third-order valence-corrected chi connectivity index (χ3v) is 1.76. The molecule has 0 N–H and O–H groups in total. The van der Waals surface area contributed by atoms with Crippen LogP contribution in [0.4, 0.5) is 13.2 Å². The number of ether oxygens (including phenoxy) is 1. The van der Waals surface area contributed by atoms with Gasteiger partial charge in [-0.1, -0.05) is 23.3 Å². The van der Waals surface area contributed by atoms with E-state index in [1.807, 2.05) is 0 Å². The summed E-state index contributed by atoms with van der Waals surface area (Å²) >= 11 is 0. The van der Waals surface area contributed by atoms with Gasteiger partial charge in [-0.3, -0.25) is 0 Å². The Bertz CT molecular complexity index is 456. The predicted molar refractivity (Wildman–Crippen MR) is 56.1 cm³/mol. The summed E-state index contributed by atoms with van der Waals surface area (Å²) in [6.07, 6.45) is 2.57. The van der Waals surface area contributed by atoms with E-state index in [2.05, 4.69) is 14.8 Å². The summed E-state index contributed by atoms with van der Waals surface area (Å²) < 4.78 is 41.6. The fourth-order valence-electron chi connectivity index (χ4n) is 1.13. The lowest BCUT2D eigenvalue weighted by molar-refractivity contribution is -0.0501. The zero-order valence-electron chi connectivity index (χ0n) is 8.55. The molecule has 0 aliphatic heterocycles. The molecule has 0 fully saturated rings. The van der Waals surface area contributed by atoms with E-state index in [0.717, 1.165) is 6.07 Å². The molecule has 90 valence electrons. The number of hydrogen-bond donors (Lipinski definition) is 0. The fraction of sp³-hybridized carbons (Fsp3) is 0.200. The summed E-state index contributed by atoms with van der Waals surface area (Å²) in [5.41, 5.74) is 7.91. The van der Waals surface area contributed by atoms with Gasteiger partial charge < -0.3 is 4.74 Å². The Morgan fingerprint density at radius 2 is 2.24 bits per heavy atom. The number of rotatable bonds is 5. The molecule has 0 bridgehead atoms. The summed E-state index contributed by atoms with van der Waals surface area (Å²) in [4.78, 5) is 2.49. The molecule has 0 spiro atoms. The zero-order valence-corrected chi connectivity index (χ0v) is 8.55. The first-order valence-corrected chi connectivity index (χ1v) is 4.56. The molecule has 4 nitrogen and oxygen atoms in total. The molecular formula is C10H8F3N3O. The van der Waals surface area contributed by atoms with Crippen LogP contribution in [0.15, 0.2) is 29.4 Å². The van der Waals surface area contributed by atoms with Crippen molar-refractivity contribution in [3.05, 3.63) is 46.1 Å². The lowest BCUT2D eigenvalue weighted by Gasteiger charge is -2.08. The molecule has 1 rings (SSSR count). The van der Waals surface area contributed by atoms with Crippen LogP contribution in [-0.2, 0) is 0 Å². The Morgan fingerprint density at radius 1 is 1.47 bits per heavy atom. The van der Waals surface area contributed by atoms with Crippen LogP contribution in [0.25, 0.3) is 16.5 Å². The number of alkyl halides is 2. The van der Waals surface area contributed by atoms with Crippen molar-refractivity contribution in [3.63, 3.8) is 0 Å². The maximum atomic E-state index is 13.3. The van der Waals surface area contributed by atoms with E-state index in [1.54, 1.807) is 0 Å². The van der Waals surface area contributed by atoms with Crippen LogP contribution in [0.2, 0.25) is 0 Å². The van der Waals surface area contributed by atoms with E-state index in [0.29, 0.717) is 0 Å². The summed E-state index contributed by atoms with van der Waals surface area (Å²) in [7, 11) is 0. The molecule has 0 saturated heterocycles. The van der Waals surface area contributed by atoms with Gasteiger partial charge in [-0.2, -0.15) is 8.78 Å². The van der Waals surface area contributed by atoms with E-state index < -0.39 is 12.4 Å². The van der Waals surface area contributed by atoms with E-state index in [-0.39, 0.29) is 17.9 Å². The second-order valence-electron chi connectivity index (χ2n) is 2.85. The molecule has 0 amide bonds.